The number of nitrogens with one attached hydrogen (secondary N) is 1. The molecule has 1 saturated carbocycles. The maximum Gasteiger partial charge on any atom is 0.148 e. The number of ether oxygens (including phenoxy) is 1. The summed E-state index contributed by atoms with van der Waals surface area (Å²) in [5, 5.41) is 3.74. The molecular formula is C19H27NO. The first-order valence-electron chi connectivity index (χ1n) is 8.22. The molecule has 2 nitrogen and oxygen atoms in total. The molecule has 2 heteroatoms. The molecule has 1 fully saturated rings. The van der Waals surface area contributed by atoms with Crippen LogP contribution in [0.5, 0.6) is 5.75 Å². The molecular weight excluding hydrogens is 258 g/mol. The minimum atomic E-state index is 0.330. The van der Waals surface area contributed by atoms with Gasteiger partial charge in [-0.1, -0.05) is 50.3 Å². The lowest BCUT2D eigenvalue weighted by atomic mass is 9.83. The Hall–Kier alpha value is -1.46. The first-order valence-corrected chi connectivity index (χ1v) is 8.22. The Morgan fingerprint density at radius 2 is 2.05 bits per heavy atom. The van der Waals surface area contributed by atoms with Crippen LogP contribution in [0.3, 0.4) is 0 Å². The Kier molecular flexibility index (Phi) is 6.63. The number of rotatable bonds is 7. The van der Waals surface area contributed by atoms with Crippen LogP contribution in [0, 0.1) is 18.3 Å². The zero-order valence-electron chi connectivity index (χ0n) is 13.1. The second kappa shape index (κ2) is 8.74. The first-order chi connectivity index (χ1) is 10.3. The quantitative estimate of drug-likeness (QED) is 0.760. The maximum absolute atomic E-state index is 5.62. The number of hydrogen-bond acceptors (Lipinski definition) is 2. The molecule has 2 rings (SSSR count). The summed E-state index contributed by atoms with van der Waals surface area (Å²) in [4.78, 5) is 0. The Bertz CT molecular complexity index is 457. The summed E-state index contributed by atoms with van der Waals surface area (Å²) in [6.07, 6.45) is 13.4. The van der Waals surface area contributed by atoms with E-state index >= 15 is 0 Å². The van der Waals surface area contributed by atoms with Crippen molar-refractivity contribution in [2.24, 2.45) is 5.92 Å². The van der Waals surface area contributed by atoms with E-state index in [4.69, 9.17) is 11.2 Å². The highest BCUT2D eigenvalue weighted by Gasteiger charge is 2.21. The smallest absolute Gasteiger partial charge is 0.148 e. The predicted octanol–water partition coefficient (Wildman–Crippen LogP) is 4.15. The summed E-state index contributed by atoms with van der Waals surface area (Å²) in [5.74, 6) is 4.27. The van der Waals surface area contributed by atoms with Crippen molar-refractivity contribution in [1.29, 1.82) is 0 Å². The Morgan fingerprint density at radius 3 is 2.76 bits per heavy atom. The molecule has 0 amide bonds. The molecule has 0 heterocycles. The molecule has 21 heavy (non-hydrogen) atoms. The lowest BCUT2D eigenvalue weighted by molar-refractivity contribution is 0.260. The summed E-state index contributed by atoms with van der Waals surface area (Å²) >= 11 is 0. The third kappa shape index (κ3) is 4.79. The fraction of sp³-hybridized carbons (Fsp3) is 0.579. The number of benzene rings is 1. The van der Waals surface area contributed by atoms with Gasteiger partial charge in [-0.05, 0) is 31.2 Å². The molecule has 1 unspecified atom stereocenters. The van der Waals surface area contributed by atoms with E-state index in [9.17, 15) is 0 Å². The van der Waals surface area contributed by atoms with Gasteiger partial charge in [0.1, 0.15) is 12.4 Å². The Morgan fingerprint density at radius 1 is 1.29 bits per heavy atom. The maximum atomic E-state index is 5.62. The normalized spacial score (nSPS) is 17.1. The number of terminal acetylenes is 1. The highest BCUT2D eigenvalue weighted by atomic mass is 16.5. The average Bonchev–Trinajstić information content (AvgIpc) is 2.55. The topological polar surface area (TPSA) is 21.3 Å². The van der Waals surface area contributed by atoms with Crippen molar-refractivity contribution in [3.8, 4) is 18.1 Å². The Balaban J connectivity index is 1.92. The van der Waals surface area contributed by atoms with Gasteiger partial charge in [-0.2, -0.15) is 0 Å². The average molecular weight is 285 g/mol. The second-order valence-corrected chi connectivity index (χ2v) is 5.89. The van der Waals surface area contributed by atoms with Crippen molar-refractivity contribution in [3.63, 3.8) is 0 Å². The first kappa shape index (κ1) is 15.9. The van der Waals surface area contributed by atoms with Gasteiger partial charge < -0.3 is 10.1 Å². The molecule has 1 aliphatic carbocycles. The number of hydrogen-bond donors (Lipinski definition) is 1. The molecule has 0 saturated heterocycles. The third-order valence-corrected chi connectivity index (χ3v) is 4.50. The summed E-state index contributed by atoms with van der Waals surface area (Å²) in [5.41, 5.74) is 1.20. The van der Waals surface area contributed by atoms with Gasteiger partial charge in [-0.25, -0.2) is 0 Å². The van der Waals surface area contributed by atoms with Crippen LogP contribution in [0.1, 0.15) is 51.0 Å². The third-order valence-electron chi connectivity index (χ3n) is 4.50. The lowest BCUT2D eigenvalue weighted by Crippen LogP contribution is -2.36. The van der Waals surface area contributed by atoms with Gasteiger partial charge in [-0.3, -0.25) is 0 Å². The molecule has 1 aromatic rings. The van der Waals surface area contributed by atoms with E-state index in [1.807, 2.05) is 12.1 Å². The summed E-state index contributed by atoms with van der Waals surface area (Å²) < 4.78 is 5.62. The fourth-order valence-electron chi connectivity index (χ4n) is 3.33. The summed E-state index contributed by atoms with van der Waals surface area (Å²) in [6.45, 7) is 3.47. The van der Waals surface area contributed by atoms with E-state index in [0.717, 1.165) is 18.2 Å². The molecule has 1 atom stereocenters. The second-order valence-electron chi connectivity index (χ2n) is 5.89. The van der Waals surface area contributed by atoms with Crippen molar-refractivity contribution in [3.05, 3.63) is 29.8 Å². The molecule has 0 radical (unpaired) electrons. The molecule has 1 N–H and O–H groups in total. The van der Waals surface area contributed by atoms with Crippen LogP contribution in [-0.4, -0.2) is 12.6 Å². The summed E-state index contributed by atoms with van der Waals surface area (Å²) in [7, 11) is 0. The van der Waals surface area contributed by atoms with E-state index in [0.29, 0.717) is 12.6 Å². The Labute approximate surface area is 129 Å². The van der Waals surface area contributed by atoms with Gasteiger partial charge in [0.25, 0.3) is 0 Å². The van der Waals surface area contributed by atoms with Gasteiger partial charge in [-0.15, -0.1) is 6.42 Å². The SMILES string of the molecule is C#CCOc1ccccc1CNC(CC)C1CCCCC1. The monoisotopic (exact) mass is 285 g/mol. The molecule has 1 aromatic carbocycles. The van der Waals surface area contributed by atoms with Crippen LogP contribution < -0.4 is 10.1 Å². The van der Waals surface area contributed by atoms with Gasteiger partial charge in [0.15, 0.2) is 0 Å². The molecule has 1 aliphatic rings. The van der Waals surface area contributed by atoms with Crippen molar-refractivity contribution >= 4 is 0 Å². The molecule has 114 valence electrons. The van der Waals surface area contributed by atoms with Crippen molar-refractivity contribution in [2.75, 3.05) is 6.61 Å². The van der Waals surface area contributed by atoms with Crippen LogP contribution in [0.4, 0.5) is 0 Å². The lowest BCUT2D eigenvalue weighted by Gasteiger charge is -2.30. The van der Waals surface area contributed by atoms with E-state index in [2.05, 4.69) is 30.3 Å². The minimum absolute atomic E-state index is 0.330. The van der Waals surface area contributed by atoms with Crippen LogP contribution in [-0.2, 0) is 6.54 Å². The highest BCUT2D eigenvalue weighted by Crippen LogP contribution is 2.28. The van der Waals surface area contributed by atoms with Crippen molar-refractivity contribution in [2.45, 2.75) is 58.0 Å². The summed E-state index contributed by atoms with van der Waals surface area (Å²) in [6, 6.07) is 8.78. The molecule has 0 spiro atoms. The number of para-hydroxylation sites is 1. The largest absolute Gasteiger partial charge is 0.481 e. The minimum Gasteiger partial charge on any atom is -0.481 e. The van der Waals surface area contributed by atoms with Crippen LogP contribution in [0.25, 0.3) is 0 Å². The zero-order valence-corrected chi connectivity index (χ0v) is 13.1. The highest BCUT2D eigenvalue weighted by molar-refractivity contribution is 5.33. The van der Waals surface area contributed by atoms with Crippen LogP contribution in [0.15, 0.2) is 24.3 Å². The van der Waals surface area contributed by atoms with Gasteiger partial charge in [0.05, 0.1) is 0 Å². The predicted molar refractivity (Wildman–Crippen MR) is 88.3 cm³/mol. The van der Waals surface area contributed by atoms with Crippen molar-refractivity contribution < 1.29 is 4.74 Å². The van der Waals surface area contributed by atoms with Gasteiger partial charge in [0.2, 0.25) is 0 Å². The van der Waals surface area contributed by atoms with Gasteiger partial charge >= 0.3 is 0 Å². The van der Waals surface area contributed by atoms with E-state index < -0.39 is 0 Å². The molecule has 0 aliphatic heterocycles. The standard InChI is InChI=1S/C19H27NO/c1-3-14-21-19-13-9-8-12-17(19)15-20-18(4-2)16-10-6-5-7-11-16/h1,8-9,12-13,16,18,20H,4-7,10-11,14-15H2,2H3. The fourth-order valence-corrected chi connectivity index (χ4v) is 3.33. The van der Waals surface area contributed by atoms with Gasteiger partial charge in [0, 0.05) is 18.2 Å². The van der Waals surface area contributed by atoms with Crippen LogP contribution in [0.2, 0.25) is 0 Å². The van der Waals surface area contributed by atoms with E-state index in [1.165, 1.54) is 44.1 Å². The zero-order chi connectivity index (χ0) is 14.9. The molecule has 0 bridgehead atoms. The van der Waals surface area contributed by atoms with Crippen LogP contribution >= 0.6 is 0 Å². The van der Waals surface area contributed by atoms with Crippen molar-refractivity contribution in [1.82, 2.24) is 5.32 Å². The van der Waals surface area contributed by atoms with E-state index in [1.54, 1.807) is 0 Å². The molecule has 0 aromatic heterocycles. The van der Waals surface area contributed by atoms with E-state index in [-0.39, 0.29) is 0 Å².